The third-order valence-corrected chi connectivity index (χ3v) is 5.69. The number of nitrogens with one attached hydrogen (secondary N) is 1. The smallest absolute Gasteiger partial charge is 0.278 e. The van der Waals surface area contributed by atoms with Crippen molar-refractivity contribution in [3.05, 3.63) is 88.0 Å². The van der Waals surface area contributed by atoms with Crippen LogP contribution in [-0.4, -0.2) is 23.3 Å². The predicted octanol–water partition coefficient (Wildman–Crippen LogP) is 5.07. The van der Waals surface area contributed by atoms with Crippen LogP contribution < -0.4 is 10.1 Å². The zero-order valence-corrected chi connectivity index (χ0v) is 17.7. The number of carbonyl (C=O) groups is 2. The highest BCUT2D eigenvalue weighted by atomic mass is 32.1. The lowest BCUT2D eigenvalue weighted by molar-refractivity contribution is -0.137. The van der Waals surface area contributed by atoms with Crippen LogP contribution in [0.2, 0.25) is 0 Å². The Bertz CT molecular complexity index is 1140. The summed E-state index contributed by atoms with van der Waals surface area (Å²) < 4.78 is 19.8. The van der Waals surface area contributed by atoms with Gasteiger partial charge in [-0.1, -0.05) is 37.3 Å². The summed E-state index contributed by atoms with van der Waals surface area (Å²) in [6, 6.07) is 17.0. The molecule has 158 valence electrons. The lowest BCUT2D eigenvalue weighted by Crippen LogP contribution is -2.32. The van der Waals surface area contributed by atoms with E-state index in [2.05, 4.69) is 5.32 Å². The van der Waals surface area contributed by atoms with Crippen molar-refractivity contribution >= 4 is 34.4 Å². The van der Waals surface area contributed by atoms with Crippen molar-refractivity contribution in [2.24, 2.45) is 0 Å². The van der Waals surface area contributed by atoms with Gasteiger partial charge in [0.25, 0.3) is 11.8 Å². The number of nitrogens with zero attached hydrogens (tertiary/aromatic N) is 1. The minimum absolute atomic E-state index is 0.135. The number of amides is 2. The van der Waals surface area contributed by atoms with Gasteiger partial charge >= 0.3 is 0 Å². The second-order valence-corrected chi connectivity index (χ2v) is 7.96. The summed E-state index contributed by atoms with van der Waals surface area (Å²) in [5.74, 6) is -0.721. The normalized spacial score (nSPS) is 13.8. The number of thiophene rings is 1. The highest BCUT2D eigenvalue weighted by molar-refractivity contribution is 7.11. The lowest BCUT2D eigenvalue weighted by atomic mass is 10.1. The first kappa shape index (κ1) is 20.8. The molecule has 7 heteroatoms. The topological polar surface area (TPSA) is 58.6 Å². The van der Waals surface area contributed by atoms with E-state index < -0.39 is 17.6 Å². The van der Waals surface area contributed by atoms with E-state index in [9.17, 15) is 14.0 Å². The molecule has 31 heavy (non-hydrogen) atoms. The fourth-order valence-corrected chi connectivity index (χ4v) is 4.08. The van der Waals surface area contributed by atoms with Gasteiger partial charge in [-0.05, 0) is 36.1 Å². The molecule has 1 N–H and O–H groups in total. The van der Waals surface area contributed by atoms with Crippen molar-refractivity contribution < 1.29 is 18.7 Å². The van der Waals surface area contributed by atoms with Gasteiger partial charge in [0.15, 0.2) is 0 Å². The van der Waals surface area contributed by atoms with Gasteiger partial charge in [-0.15, -0.1) is 11.3 Å². The minimum Gasteiger partial charge on any atom is -0.494 e. The van der Waals surface area contributed by atoms with Crippen LogP contribution in [0.15, 0.2) is 71.7 Å². The maximum atomic E-state index is 14.2. The molecule has 4 rings (SSSR count). The summed E-state index contributed by atoms with van der Waals surface area (Å²) in [5, 5.41) is 4.95. The fraction of sp³-hybridized carbons (Fsp3) is 0.167. The van der Waals surface area contributed by atoms with E-state index in [0.717, 1.165) is 11.3 Å². The summed E-state index contributed by atoms with van der Waals surface area (Å²) in [5.41, 5.74) is 1.38. The number of anilines is 1. The molecule has 1 aliphatic rings. The van der Waals surface area contributed by atoms with E-state index in [1.807, 2.05) is 30.5 Å². The van der Waals surface area contributed by atoms with Gasteiger partial charge in [0, 0.05) is 22.2 Å². The molecule has 0 fully saturated rings. The molecule has 0 saturated heterocycles. The van der Waals surface area contributed by atoms with E-state index in [4.69, 9.17) is 4.74 Å². The van der Waals surface area contributed by atoms with Gasteiger partial charge in [0.1, 0.15) is 17.3 Å². The molecule has 2 amide bonds. The van der Waals surface area contributed by atoms with Crippen LogP contribution in [0.3, 0.4) is 0 Å². The summed E-state index contributed by atoms with van der Waals surface area (Å²) in [6.07, 6.45) is 0.878. The van der Waals surface area contributed by atoms with Crippen molar-refractivity contribution in [3.63, 3.8) is 0 Å². The van der Waals surface area contributed by atoms with Gasteiger partial charge < -0.3 is 10.1 Å². The summed E-state index contributed by atoms with van der Waals surface area (Å²) in [4.78, 5) is 28.2. The van der Waals surface area contributed by atoms with Gasteiger partial charge in [-0.3, -0.25) is 14.5 Å². The summed E-state index contributed by atoms with van der Waals surface area (Å²) in [7, 11) is 0. The Morgan fingerprint density at radius 2 is 1.87 bits per heavy atom. The molecule has 1 aliphatic heterocycles. The van der Waals surface area contributed by atoms with Crippen molar-refractivity contribution in [2.45, 2.75) is 19.9 Å². The highest BCUT2D eigenvalue weighted by Crippen LogP contribution is 2.34. The summed E-state index contributed by atoms with van der Waals surface area (Å²) >= 11 is 1.37. The molecular weight excluding hydrogens is 415 g/mol. The van der Waals surface area contributed by atoms with Crippen LogP contribution >= 0.6 is 11.3 Å². The molecule has 5 nitrogen and oxygen atoms in total. The Kier molecular flexibility index (Phi) is 6.13. The van der Waals surface area contributed by atoms with Crippen LogP contribution in [0, 0.1) is 5.82 Å². The van der Waals surface area contributed by atoms with Crippen molar-refractivity contribution in [1.29, 1.82) is 0 Å². The summed E-state index contributed by atoms with van der Waals surface area (Å²) in [6.45, 7) is 2.47. The average molecular weight is 437 g/mol. The van der Waals surface area contributed by atoms with Crippen molar-refractivity contribution in [1.82, 2.24) is 4.90 Å². The first-order chi connectivity index (χ1) is 15.1. The molecule has 0 saturated carbocycles. The Hall–Kier alpha value is -3.45. The highest BCUT2D eigenvalue weighted by Gasteiger charge is 2.40. The molecule has 0 radical (unpaired) electrons. The van der Waals surface area contributed by atoms with Crippen LogP contribution in [0.1, 0.15) is 23.8 Å². The Morgan fingerprint density at radius 3 is 2.61 bits per heavy atom. The first-order valence-corrected chi connectivity index (χ1v) is 10.8. The third kappa shape index (κ3) is 4.36. The van der Waals surface area contributed by atoms with Gasteiger partial charge in [-0.25, -0.2) is 4.39 Å². The quantitative estimate of drug-likeness (QED) is 0.501. The first-order valence-electron chi connectivity index (χ1n) is 9.96. The van der Waals surface area contributed by atoms with E-state index in [0.29, 0.717) is 22.9 Å². The number of halogens is 1. The van der Waals surface area contributed by atoms with Crippen molar-refractivity contribution in [3.8, 4) is 5.75 Å². The predicted molar refractivity (Wildman–Crippen MR) is 119 cm³/mol. The minimum atomic E-state index is -0.489. The molecular formula is C24H21FN2O3S. The van der Waals surface area contributed by atoms with Gasteiger partial charge in [-0.2, -0.15) is 0 Å². The lowest BCUT2D eigenvalue weighted by Gasteiger charge is -2.16. The number of hydrogen-bond donors (Lipinski definition) is 1. The maximum Gasteiger partial charge on any atom is 0.278 e. The molecule has 3 aromatic rings. The van der Waals surface area contributed by atoms with E-state index in [1.54, 1.807) is 36.4 Å². The van der Waals surface area contributed by atoms with Gasteiger partial charge in [0.2, 0.25) is 0 Å². The molecule has 0 spiro atoms. The molecule has 2 heterocycles. The maximum absolute atomic E-state index is 14.2. The van der Waals surface area contributed by atoms with E-state index >= 15 is 0 Å². The number of benzene rings is 2. The fourth-order valence-electron chi connectivity index (χ4n) is 3.31. The Labute approximate surface area is 183 Å². The number of hydrogen-bond acceptors (Lipinski definition) is 5. The molecule has 1 aromatic heterocycles. The van der Waals surface area contributed by atoms with E-state index in [-0.39, 0.29) is 23.4 Å². The van der Waals surface area contributed by atoms with Crippen LogP contribution in [0.5, 0.6) is 5.75 Å². The molecule has 0 bridgehead atoms. The molecule has 0 aliphatic carbocycles. The number of imide groups is 1. The molecule has 0 atom stereocenters. The Balaban J connectivity index is 1.67. The third-order valence-electron chi connectivity index (χ3n) is 4.80. The number of carbonyl (C=O) groups excluding carboxylic acids is 2. The van der Waals surface area contributed by atoms with Crippen LogP contribution in [-0.2, 0) is 16.1 Å². The second kappa shape index (κ2) is 9.14. The zero-order chi connectivity index (χ0) is 21.8. The standard InChI is InChI=1S/C24H21FN2O3S/c1-2-12-30-18-9-5-8-17(14-18)26-22-21(20-11-6-13-31-20)23(28)27(24(22)29)15-16-7-3-4-10-19(16)25/h3-11,13-14,26H,2,12,15H2,1H3. The SMILES string of the molecule is CCCOc1cccc(NC2=C(c3cccs3)C(=O)N(Cc3ccccc3F)C2=O)c1. The largest absolute Gasteiger partial charge is 0.494 e. The van der Waals surface area contributed by atoms with Crippen molar-refractivity contribution in [2.75, 3.05) is 11.9 Å². The molecule has 2 aromatic carbocycles. The van der Waals surface area contributed by atoms with Crippen LogP contribution in [0.25, 0.3) is 5.57 Å². The number of ether oxygens (including phenoxy) is 1. The Morgan fingerprint density at radius 1 is 1.03 bits per heavy atom. The van der Waals surface area contributed by atoms with Gasteiger partial charge in [0.05, 0.1) is 18.7 Å². The molecule has 0 unspecified atom stereocenters. The monoisotopic (exact) mass is 436 g/mol. The van der Waals surface area contributed by atoms with E-state index in [1.165, 1.54) is 17.4 Å². The van der Waals surface area contributed by atoms with Crippen LogP contribution in [0.4, 0.5) is 10.1 Å². The number of rotatable bonds is 8. The second-order valence-electron chi connectivity index (χ2n) is 7.02. The zero-order valence-electron chi connectivity index (χ0n) is 16.9. The average Bonchev–Trinajstić information content (AvgIpc) is 3.37.